The third kappa shape index (κ3) is 0.731. The lowest BCUT2D eigenvalue weighted by Gasteiger charge is -2.59. The van der Waals surface area contributed by atoms with Crippen molar-refractivity contribution in [2.75, 3.05) is 7.05 Å². The Bertz CT molecular complexity index is 121. The molecule has 60 valence electrons. The van der Waals surface area contributed by atoms with E-state index < -0.39 is 0 Å². The lowest BCUT2D eigenvalue weighted by Crippen LogP contribution is -2.65. The van der Waals surface area contributed by atoms with Gasteiger partial charge in [-0.15, -0.1) is 0 Å². The smallest absolute Gasteiger partial charge is 0.0135 e. The Morgan fingerprint density at radius 2 is 1.70 bits per heavy atom. The summed E-state index contributed by atoms with van der Waals surface area (Å²) in [6, 6.07) is 1.54. The van der Waals surface area contributed by atoms with Crippen LogP contribution in [0.25, 0.3) is 0 Å². The van der Waals surface area contributed by atoms with Crippen molar-refractivity contribution in [3.63, 3.8) is 0 Å². The summed E-state index contributed by atoms with van der Waals surface area (Å²) in [5.74, 6) is 0. The van der Waals surface area contributed by atoms with E-state index in [0.717, 1.165) is 12.1 Å². The Hall–Kier alpha value is -0.0400. The van der Waals surface area contributed by atoms with Crippen LogP contribution in [0.3, 0.4) is 0 Å². The van der Waals surface area contributed by atoms with E-state index in [0.29, 0.717) is 5.41 Å². The molecular weight excluding hydrogens is 122 g/mol. The predicted molar refractivity (Wildman–Crippen MR) is 45.1 cm³/mol. The third-order valence-corrected chi connectivity index (χ3v) is 3.89. The summed E-state index contributed by atoms with van der Waals surface area (Å²) in [7, 11) is 2.22. The van der Waals surface area contributed by atoms with Gasteiger partial charge in [0.1, 0.15) is 0 Å². The SMILES string of the molecule is CCC1(C)C(C)N(C)C1C. The molecule has 0 aromatic carbocycles. The number of nitrogens with zero attached hydrogens (tertiary/aromatic N) is 1. The molecule has 0 spiro atoms. The van der Waals surface area contributed by atoms with E-state index in [9.17, 15) is 0 Å². The Kier molecular flexibility index (Phi) is 1.80. The summed E-state index contributed by atoms with van der Waals surface area (Å²) in [5.41, 5.74) is 0.578. The average Bonchev–Trinajstić information content (AvgIpc) is 2.00. The molecule has 1 nitrogen and oxygen atoms in total. The van der Waals surface area contributed by atoms with Gasteiger partial charge in [0, 0.05) is 12.1 Å². The Morgan fingerprint density at radius 1 is 1.30 bits per heavy atom. The van der Waals surface area contributed by atoms with Gasteiger partial charge in [-0.25, -0.2) is 0 Å². The fourth-order valence-electron chi connectivity index (χ4n) is 2.12. The van der Waals surface area contributed by atoms with Gasteiger partial charge < -0.3 is 0 Å². The summed E-state index contributed by atoms with van der Waals surface area (Å²) in [5, 5.41) is 0. The molecule has 0 N–H and O–H groups in total. The molecular formula is C9H19N. The highest BCUT2D eigenvalue weighted by Crippen LogP contribution is 2.44. The zero-order valence-electron chi connectivity index (χ0n) is 7.81. The average molecular weight is 141 g/mol. The summed E-state index contributed by atoms with van der Waals surface area (Å²) >= 11 is 0. The topological polar surface area (TPSA) is 3.24 Å². The van der Waals surface area contributed by atoms with Crippen molar-refractivity contribution in [1.29, 1.82) is 0 Å². The second-order valence-electron chi connectivity index (χ2n) is 3.88. The van der Waals surface area contributed by atoms with Crippen molar-refractivity contribution in [3.05, 3.63) is 0 Å². The van der Waals surface area contributed by atoms with Crippen molar-refractivity contribution >= 4 is 0 Å². The van der Waals surface area contributed by atoms with E-state index in [-0.39, 0.29) is 0 Å². The second-order valence-corrected chi connectivity index (χ2v) is 3.88. The maximum absolute atomic E-state index is 2.45. The van der Waals surface area contributed by atoms with E-state index in [4.69, 9.17) is 0 Å². The first-order valence-corrected chi connectivity index (χ1v) is 4.26. The van der Waals surface area contributed by atoms with Gasteiger partial charge in [-0.2, -0.15) is 0 Å². The van der Waals surface area contributed by atoms with E-state index in [1.165, 1.54) is 6.42 Å². The monoisotopic (exact) mass is 141 g/mol. The largest absolute Gasteiger partial charge is 0.300 e. The Labute approximate surface area is 64.4 Å². The minimum absolute atomic E-state index is 0.578. The molecule has 0 bridgehead atoms. The standard InChI is InChI=1S/C9H19N/c1-6-9(4)7(2)10(5)8(9)3/h7-8H,6H2,1-5H3. The minimum Gasteiger partial charge on any atom is -0.300 e. The van der Waals surface area contributed by atoms with Gasteiger partial charge in [-0.1, -0.05) is 13.8 Å². The van der Waals surface area contributed by atoms with Gasteiger partial charge in [-0.05, 0) is 32.7 Å². The molecule has 0 saturated carbocycles. The van der Waals surface area contributed by atoms with Gasteiger partial charge >= 0.3 is 0 Å². The van der Waals surface area contributed by atoms with Crippen LogP contribution in [0.5, 0.6) is 0 Å². The Balaban J connectivity index is 2.64. The molecule has 0 radical (unpaired) electrons. The highest BCUT2D eigenvalue weighted by molar-refractivity contribution is 5.03. The summed E-state index contributed by atoms with van der Waals surface area (Å²) in [6.45, 7) is 9.33. The molecule has 0 aliphatic carbocycles. The fourth-order valence-corrected chi connectivity index (χ4v) is 2.12. The van der Waals surface area contributed by atoms with Crippen molar-refractivity contribution in [2.45, 2.75) is 46.2 Å². The zero-order valence-corrected chi connectivity index (χ0v) is 7.81. The highest BCUT2D eigenvalue weighted by Gasteiger charge is 2.49. The molecule has 1 heteroatoms. The molecule has 0 amide bonds. The molecule has 1 saturated heterocycles. The van der Waals surface area contributed by atoms with E-state index in [2.05, 4.69) is 39.6 Å². The quantitative estimate of drug-likeness (QED) is 0.540. The van der Waals surface area contributed by atoms with Crippen LogP contribution in [0.2, 0.25) is 0 Å². The van der Waals surface area contributed by atoms with Gasteiger partial charge in [0.15, 0.2) is 0 Å². The first kappa shape index (κ1) is 8.06. The second kappa shape index (κ2) is 2.23. The summed E-state index contributed by atoms with van der Waals surface area (Å²) in [4.78, 5) is 2.45. The van der Waals surface area contributed by atoms with Crippen LogP contribution in [0.1, 0.15) is 34.1 Å². The van der Waals surface area contributed by atoms with Crippen molar-refractivity contribution in [2.24, 2.45) is 5.41 Å². The van der Waals surface area contributed by atoms with E-state index in [1.54, 1.807) is 0 Å². The van der Waals surface area contributed by atoms with Gasteiger partial charge in [0.25, 0.3) is 0 Å². The fraction of sp³-hybridized carbons (Fsp3) is 1.00. The first-order valence-electron chi connectivity index (χ1n) is 4.26. The molecule has 0 aromatic heterocycles. The molecule has 0 aromatic rings. The summed E-state index contributed by atoms with van der Waals surface area (Å²) < 4.78 is 0. The molecule has 10 heavy (non-hydrogen) atoms. The van der Waals surface area contributed by atoms with Gasteiger partial charge in [-0.3, -0.25) is 4.90 Å². The molecule has 1 aliphatic rings. The molecule has 2 unspecified atom stereocenters. The van der Waals surface area contributed by atoms with Crippen LogP contribution in [0.4, 0.5) is 0 Å². The number of hydrogen-bond donors (Lipinski definition) is 0. The van der Waals surface area contributed by atoms with Crippen molar-refractivity contribution in [1.82, 2.24) is 4.90 Å². The number of hydrogen-bond acceptors (Lipinski definition) is 1. The van der Waals surface area contributed by atoms with Crippen molar-refractivity contribution < 1.29 is 0 Å². The molecule has 1 fully saturated rings. The lowest BCUT2D eigenvalue weighted by atomic mass is 9.66. The van der Waals surface area contributed by atoms with Gasteiger partial charge in [0.05, 0.1) is 0 Å². The molecule has 1 rings (SSSR count). The van der Waals surface area contributed by atoms with E-state index >= 15 is 0 Å². The number of likely N-dealkylation sites (tertiary alicyclic amines) is 1. The van der Waals surface area contributed by atoms with Crippen LogP contribution in [-0.4, -0.2) is 24.0 Å². The molecule has 2 atom stereocenters. The lowest BCUT2D eigenvalue weighted by molar-refractivity contribution is -0.0952. The normalized spacial score (nSPS) is 48.9. The van der Waals surface area contributed by atoms with Crippen LogP contribution < -0.4 is 0 Å². The molecule has 1 aliphatic heterocycles. The third-order valence-electron chi connectivity index (χ3n) is 3.89. The van der Waals surface area contributed by atoms with Crippen molar-refractivity contribution in [3.8, 4) is 0 Å². The maximum Gasteiger partial charge on any atom is 0.0135 e. The Morgan fingerprint density at radius 3 is 1.90 bits per heavy atom. The van der Waals surface area contributed by atoms with Crippen LogP contribution in [0, 0.1) is 5.41 Å². The predicted octanol–water partition coefficient (Wildman–Crippen LogP) is 2.13. The van der Waals surface area contributed by atoms with Crippen LogP contribution in [0.15, 0.2) is 0 Å². The van der Waals surface area contributed by atoms with E-state index in [1.807, 2.05) is 0 Å². The number of rotatable bonds is 1. The molecule has 1 heterocycles. The van der Waals surface area contributed by atoms with Crippen LogP contribution >= 0.6 is 0 Å². The minimum atomic E-state index is 0.578. The summed E-state index contributed by atoms with van der Waals surface area (Å²) in [6.07, 6.45) is 1.31. The van der Waals surface area contributed by atoms with Gasteiger partial charge in [0.2, 0.25) is 0 Å². The van der Waals surface area contributed by atoms with Crippen LogP contribution in [-0.2, 0) is 0 Å². The zero-order chi connectivity index (χ0) is 7.94. The first-order chi connectivity index (χ1) is 4.54. The highest BCUT2D eigenvalue weighted by atomic mass is 15.2. The maximum atomic E-state index is 2.45.